The number of hydrogen-bond donors (Lipinski definition) is 3. The molecule has 2 atom stereocenters. The highest BCUT2D eigenvalue weighted by Gasteiger charge is 2.19. The highest BCUT2D eigenvalue weighted by Crippen LogP contribution is 2.12. The van der Waals surface area contributed by atoms with E-state index in [2.05, 4.69) is 15.0 Å². The molecule has 0 saturated heterocycles. The largest absolute Gasteiger partial charge is 0.396 e. The van der Waals surface area contributed by atoms with Crippen molar-refractivity contribution in [2.24, 2.45) is 5.92 Å². The van der Waals surface area contributed by atoms with E-state index < -0.39 is 16.1 Å². The smallest absolute Gasteiger partial charge is 0.258 e. The Morgan fingerprint density at radius 1 is 1.35 bits per heavy atom. The molecule has 128 valence electrons. The number of aliphatic hydroxyl groups is 1. The molecule has 7 nitrogen and oxygen atoms in total. The van der Waals surface area contributed by atoms with Gasteiger partial charge in [0.1, 0.15) is 5.82 Å². The van der Waals surface area contributed by atoms with Crippen LogP contribution in [0.4, 0.5) is 5.82 Å². The van der Waals surface area contributed by atoms with E-state index in [0.29, 0.717) is 18.3 Å². The molecule has 3 N–H and O–H groups in total. The van der Waals surface area contributed by atoms with Gasteiger partial charge >= 0.3 is 0 Å². The first-order chi connectivity index (χ1) is 10.9. The maximum Gasteiger partial charge on any atom is 0.258 e. The van der Waals surface area contributed by atoms with Crippen LogP contribution in [0.15, 0.2) is 23.2 Å². The summed E-state index contributed by atoms with van der Waals surface area (Å²) in [6.45, 7) is 4.49. The molecule has 0 amide bonds. The van der Waals surface area contributed by atoms with E-state index in [0.717, 1.165) is 12.8 Å². The number of aliphatic hydroxyl groups excluding tert-OH is 1. The van der Waals surface area contributed by atoms with Gasteiger partial charge in [0, 0.05) is 19.2 Å². The molecule has 0 aromatic carbocycles. The Kier molecular flexibility index (Phi) is 7.95. The van der Waals surface area contributed by atoms with E-state index in [4.69, 9.17) is 10.4 Å². The minimum atomic E-state index is -3.74. The Balaban J connectivity index is 2.67. The van der Waals surface area contributed by atoms with Gasteiger partial charge in [-0.2, -0.15) is 5.26 Å². The van der Waals surface area contributed by atoms with Crippen molar-refractivity contribution in [3.05, 3.63) is 18.2 Å². The molecule has 23 heavy (non-hydrogen) atoms. The molecule has 1 heterocycles. The maximum absolute atomic E-state index is 12.2. The summed E-state index contributed by atoms with van der Waals surface area (Å²) < 4.78 is 26.8. The molecule has 0 bridgehead atoms. The average Bonchev–Trinajstić information content (AvgIpc) is 2.47. The van der Waals surface area contributed by atoms with Crippen LogP contribution in [0.5, 0.6) is 0 Å². The first kappa shape index (κ1) is 19.4. The summed E-state index contributed by atoms with van der Waals surface area (Å²) in [6.07, 6.45) is 1.70. The molecule has 2 unspecified atom stereocenters. The van der Waals surface area contributed by atoms with Crippen LogP contribution < -0.4 is 10.0 Å². The van der Waals surface area contributed by atoms with Crippen molar-refractivity contribution in [3.63, 3.8) is 0 Å². The molecule has 0 saturated carbocycles. The van der Waals surface area contributed by atoms with Crippen LogP contribution in [0.1, 0.15) is 33.1 Å². The zero-order valence-corrected chi connectivity index (χ0v) is 14.3. The lowest BCUT2D eigenvalue weighted by Crippen LogP contribution is -2.32. The lowest BCUT2D eigenvalue weighted by Gasteiger charge is -2.13. The van der Waals surface area contributed by atoms with Crippen molar-refractivity contribution in [3.8, 4) is 6.07 Å². The second-order valence-electron chi connectivity index (χ2n) is 5.58. The molecular weight excluding hydrogens is 316 g/mol. The van der Waals surface area contributed by atoms with Crippen LogP contribution in [-0.2, 0) is 10.0 Å². The standard InChI is InChI=1S/C15H24N4O3S/c1-12(8-11-20)7-10-17-14-4-3-5-15(18-14)23(21,22)19-13(2)6-9-16/h3-5,12-13,19-20H,6-8,10-11H2,1-2H3,(H,17,18). The second kappa shape index (κ2) is 9.45. The van der Waals surface area contributed by atoms with E-state index >= 15 is 0 Å². The van der Waals surface area contributed by atoms with Crippen molar-refractivity contribution < 1.29 is 13.5 Å². The van der Waals surface area contributed by atoms with Gasteiger partial charge in [-0.05, 0) is 37.8 Å². The summed E-state index contributed by atoms with van der Waals surface area (Å²) in [5.74, 6) is 0.866. The van der Waals surface area contributed by atoms with E-state index in [1.54, 1.807) is 19.1 Å². The molecule has 1 rings (SSSR count). The minimum Gasteiger partial charge on any atom is -0.396 e. The number of pyridine rings is 1. The third-order valence-electron chi connectivity index (χ3n) is 3.32. The van der Waals surface area contributed by atoms with Crippen molar-refractivity contribution in [1.29, 1.82) is 5.26 Å². The van der Waals surface area contributed by atoms with Crippen LogP contribution in [0.2, 0.25) is 0 Å². The third kappa shape index (κ3) is 6.95. The molecule has 8 heteroatoms. The molecule has 0 aliphatic heterocycles. The van der Waals surface area contributed by atoms with Crippen LogP contribution in [0.25, 0.3) is 0 Å². The Morgan fingerprint density at radius 2 is 2.09 bits per heavy atom. The molecule has 0 spiro atoms. The number of nitriles is 1. The van der Waals surface area contributed by atoms with Gasteiger partial charge in [0.15, 0.2) is 5.03 Å². The number of aromatic nitrogens is 1. The zero-order valence-electron chi connectivity index (χ0n) is 13.5. The summed E-state index contributed by atoms with van der Waals surface area (Å²) in [6, 6.07) is 6.20. The van der Waals surface area contributed by atoms with E-state index in [9.17, 15) is 8.42 Å². The fourth-order valence-corrected chi connectivity index (χ4v) is 3.19. The van der Waals surface area contributed by atoms with Gasteiger partial charge in [0.05, 0.1) is 12.5 Å². The van der Waals surface area contributed by atoms with Crippen LogP contribution >= 0.6 is 0 Å². The van der Waals surface area contributed by atoms with Crippen LogP contribution in [0.3, 0.4) is 0 Å². The number of nitrogens with zero attached hydrogens (tertiary/aromatic N) is 2. The number of anilines is 1. The fourth-order valence-electron chi connectivity index (χ4n) is 1.98. The Bertz CT molecular complexity index is 628. The first-order valence-electron chi connectivity index (χ1n) is 7.60. The van der Waals surface area contributed by atoms with Crippen molar-refractivity contribution >= 4 is 15.8 Å². The third-order valence-corrected chi connectivity index (χ3v) is 4.81. The summed E-state index contributed by atoms with van der Waals surface area (Å²) in [7, 11) is -3.74. The second-order valence-corrected chi connectivity index (χ2v) is 7.24. The Hall–Kier alpha value is -1.69. The molecule has 0 fully saturated rings. The predicted molar refractivity (Wildman–Crippen MR) is 88.2 cm³/mol. The first-order valence-corrected chi connectivity index (χ1v) is 9.08. The Labute approximate surface area is 137 Å². The molecular formula is C15H24N4O3S. The topological polar surface area (TPSA) is 115 Å². The lowest BCUT2D eigenvalue weighted by atomic mass is 10.1. The summed E-state index contributed by atoms with van der Waals surface area (Å²) >= 11 is 0. The van der Waals surface area contributed by atoms with Gasteiger partial charge in [-0.1, -0.05) is 13.0 Å². The summed E-state index contributed by atoms with van der Waals surface area (Å²) in [5.41, 5.74) is 0. The van der Waals surface area contributed by atoms with Gasteiger partial charge < -0.3 is 10.4 Å². The monoisotopic (exact) mass is 340 g/mol. The normalized spacial score (nSPS) is 14.0. The fraction of sp³-hybridized carbons (Fsp3) is 0.600. The quantitative estimate of drug-likeness (QED) is 0.594. The zero-order chi connectivity index (χ0) is 17.3. The van der Waals surface area contributed by atoms with E-state index in [1.165, 1.54) is 6.07 Å². The maximum atomic E-state index is 12.2. The Morgan fingerprint density at radius 3 is 2.74 bits per heavy atom. The minimum absolute atomic E-state index is 0.0734. The molecule has 1 aromatic rings. The molecule has 0 aliphatic carbocycles. The van der Waals surface area contributed by atoms with Gasteiger partial charge in [0.2, 0.25) is 0 Å². The molecule has 0 radical (unpaired) electrons. The van der Waals surface area contributed by atoms with E-state index in [-0.39, 0.29) is 18.1 Å². The number of hydrogen-bond acceptors (Lipinski definition) is 6. The average molecular weight is 340 g/mol. The van der Waals surface area contributed by atoms with Crippen LogP contribution in [0, 0.1) is 17.2 Å². The van der Waals surface area contributed by atoms with Gasteiger partial charge in [-0.3, -0.25) is 0 Å². The van der Waals surface area contributed by atoms with Crippen LogP contribution in [-0.4, -0.2) is 37.7 Å². The molecule has 1 aromatic heterocycles. The number of sulfonamides is 1. The van der Waals surface area contributed by atoms with Crippen molar-refractivity contribution in [1.82, 2.24) is 9.71 Å². The van der Waals surface area contributed by atoms with Gasteiger partial charge in [0.25, 0.3) is 10.0 Å². The van der Waals surface area contributed by atoms with Crippen molar-refractivity contribution in [2.75, 3.05) is 18.5 Å². The lowest BCUT2D eigenvalue weighted by molar-refractivity contribution is 0.260. The predicted octanol–water partition coefficient (Wildman–Crippen LogP) is 1.48. The SMILES string of the molecule is CC(CCO)CCNc1cccc(S(=O)(=O)NC(C)CC#N)n1. The highest BCUT2D eigenvalue weighted by atomic mass is 32.2. The van der Waals surface area contributed by atoms with Crippen molar-refractivity contribution in [2.45, 2.75) is 44.2 Å². The molecule has 0 aliphatic rings. The van der Waals surface area contributed by atoms with Gasteiger partial charge in [-0.15, -0.1) is 0 Å². The highest BCUT2D eigenvalue weighted by molar-refractivity contribution is 7.89. The number of rotatable bonds is 10. The van der Waals surface area contributed by atoms with E-state index in [1.807, 2.05) is 13.0 Å². The van der Waals surface area contributed by atoms with Gasteiger partial charge in [-0.25, -0.2) is 18.1 Å². The summed E-state index contributed by atoms with van der Waals surface area (Å²) in [5, 5.41) is 20.5. The summed E-state index contributed by atoms with van der Waals surface area (Å²) in [4.78, 5) is 4.11. The number of nitrogens with one attached hydrogen (secondary N) is 2.